The van der Waals surface area contributed by atoms with Crippen molar-refractivity contribution in [3.63, 3.8) is 0 Å². The first-order chi connectivity index (χ1) is 21.6. The first-order valence-electron chi connectivity index (χ1n) is 13.3. The average molecular weight is 705 g/mol. The maximum atomic E-state index is 14.0. The van der Waals surface area contributed by atoms with E-state index in [0.717, 1.165) is 48.5 Å². The third-order valence-electron chi connectivity index (χ3n) is 6.83. The van der Waals surface area contributed by atoms with Gasteiger partial charge in [-0.3, -0.25) is 23.5 Å². The number of aromatic hydroxyl groups is 1. The Morgan fingerprint density at radius 2 is 1.04 bits per heavy atom. The molecule has 0 bridgehead atoms. The Balaban J connectivity index is 1.78. The van der Waals surface area contributed by atoms with Gasteiger partial charge in [0.1, 0.15) is 17.8 Å². The van der Waals surface area contributed by atoms with Crippen molar-refractivity contribution >= 4 is 32.9 Å². The molecular formula is C28H29F4N3O10P2. The van der Waals surface area contributed by atoms with E-state index in [9.17, 15) is 46.2 Å². The summed E-state index contributed by atoms with van der Waals surface area (Å²) in [5.74, 6) is -2.86. The molecule has 3 aromatic rings. The van der Waals surface area contributed by atoms with Gasteiger partial charge < -0.3 is 41.0 Å². The van der Waals surface area contributed by atoms with E-state index >= 15 is 0 Å². The maximum absolute atomic E-state index is 14.0. The molecule has 0 unspecified atom stereocenters. The van der Waals surface area contributed by atoms with Gasteiger partial charge >= 0.3 is 26.5 Å². The molecular weight excluding hydrogens is 676 g/mol. The van der Waals surface area contributed by atoms with E-state index in [2.05, 4.69) is 10.6 Å². The highest BCUT2D eigenvalue weighted by Crippen LogP contribution is 2.60. The van der Waals surface area contributed by atoms with Crippen LogP contribution in [0.25, 0.3) is 0 Å². The number of alkyl halides is 4. The van der Waals surface area contributed by atoms with Gasteiger partial charge in [0.15, 0.2) is 0 Å². The highest BCUT2D eigenvalue weighted by molar-refractivity contribution is 7.52. The van der Waals surface area contributed by atoms with Crippen LogP contribution < -0.4 is 16.4 Å². The quantitative estimate of drug-likeness (QED) is 0.0900. The largest absolute Gasteiger partial charge is 0.508 e. The van der Waals surface area contributed by atoms with E-state index in [1.54, 1.807) is 0 Å². The lowest BCUT2D eigenvalue weighted by atomic mass is 10.0. The first-order valence-corrected chi connectivity index (χ1v) is 16.6. The van der Waals surface area contributed by atoms with Crippen molar-refractivity contribution < 1.29 is 65.8 Å². The SMILES string of the molecule is NC(=O)[C@H](Cc1ccc(C(F)(F)P(=O)(O)O)cc1)NC(=O)[C@H](Cc1ccc(O)cc1)NC(=O)Cc1ccc(C(F)(F)P(=O)(O)O)cc1. The number of carbonyl (C=O) groups is 3. The van der Waals surface area contributed by atoms with E-state index < -0.39 is 73.9 Å². The summed E-state index contributed by atoms with van der Waals surface area (Å²) in [4.78, 5) is 74.1. The van der Waals surface area contributed by atoms with Crippen LogP contribution in [-0.2, 0) is 54.1 Å². The van der Waals surface area contributed by atoms with Crippen molar-refractivity contribution in [1.29, 1.82) is 0 Å². The number of hydrogen-bond donors (Lipinski definition) is 8. The fourth-order valence-electron chi connectivity index (χ4n) is 4.24. The number of halogens is 4. The van der Waals surface area contributed by atoms with Crippen molar-refractivity contribution in [3.05, 3.63) is 101 Å². The summed E-state index contributed by atoms with van der Waals surface area (Å²) >= 11 is 0. The molecule has 0 saturated carbocycles. The molecule has 0 fully saturated rings. The minimum atomic E-state index is -5.83. The summed E-state index contributed by atoms with van der Waals surface area (Å²) in [5, 5.41) is 14.4. The Morgan fingerprint density at radius 3 is 1.45 bits per heavy atom. The van der Waals surface area contributed by atoms with Gasteiger partial charge in [-0.05, 0) is 28.8 Å². The molecule has 47 heavy (non-hydrogen) atoms. The Bertz CT molecular complexity index is 1700. The topological polar surface area (TPSA) is 237 Å². The molecule has 0 aliphatic heterocycles. The minimum Gasteiger partial charge on any atom is -0.508 e. The van der Waals surface area contributed by atoms with E-state index in [1.165, 1.54) is 24.3 Å². The predicted molar refractivity (Wildman–Crippen MR) is 157 cm³/mol. The standard InChI is InChI=1S/C28H29F4N3O10P2/c29-27(30,46(40,41)42)19-7-1-16(2-8-19)13-22(25(33)38)35-26(39)23(14-17-5-11-21(36)12-6-17)34-24(37)15-18-3-9-20(10-4-18)28(31,32)47(43,44)45/h1-12,22-23,36H,13-15H2,(H2,33,38)(H,34,37)(H,35,39)(H2,40,41,42)(H2,43,44,45)/t22-,23-/m0/s1. The van der Waals surface area contributed by atoms with Crippen molar-refractivity contribution in [2.24, 2.45) is 5.73 Å². The molecule has 13 nitrogen and oxygen atoms in total. The van der Waals surface area contributed by atoms with Crippen LogP contribution in [0, 0.1) is 0 Å². The number of phenolic OH excluding ortho intramolecular Hbond substituents is 1. The molecule has 0 saturated heterocycles. The van der Waals surface area contributed by atoms with Crippen LogP contribution in [0.4, 0.5) is 17.6 Å². The van der Waals surface area contributed by atoms with E-state index in [0.29, 0.717) is 5.56 Å². The summed E-state index contributed by atoms with van der Waals surface area (Å²) < 4.78 is 78.2. The second kappa shape index (κ2) is 14.3. The molecule has 0 aliphatic carbocycles. The number of primary amides is 1. The van der Waals surface area contributed by atoms with E-state index in [4.69, 9.17) is 25.3 Å². The lowest BCUT2D eigenvalue weighted by Gasteiger charge is -2.23. The number of phenols is 1. The van der Waals surface area contributed by atoms with Crippen molar-refractivity contribution in [1.82, 2.24) is 10.6 Å². The van der Waals surface area contributed by atoms with Gasteiger partial charge in [-0.25, -0.2) is 0 Å². The number of benzene rings is 3. The van der Waals surface area contributed by atoms with Crippen LogP contribution >= 0.6 is 15.2 Å². The first kappa shape index (κ1) is 37.3. The minimum absolute atomic E-state index is 0.0927. The zero-order valence-electron chi connectivity index (χ0n) is 24.0. The zero-order valence-corrected chi connectivity index (χ0v) is 25.8. The normalized spacial score (nSPS) is 13.8. The fraction of sp³-hybridized carbons (Fsp3) is 0.250. The second-order valence-electron chi connectivity index (χ2n) is 10.4. The Morgan fingerprint density at radius 1 is 0.660 bits per heavy atom. The van der Waals surface area contributed by atoms with Gasteiger partial charge in [0.05, 0.1) is 6.42 Å². The molecule has 254 valence electrons. The highest BCUT2D eigenvalue weighted by Gasteiger charge is 2.51. The van der Waals surface area contributed by atoms with Gasteiger partial charge in [-0.1, -0.05) is 60.7 Å². The predicted octanol–water partition coefficient (Wildman–Crippen LogP) is 2.33. The second-order valence-corrected chi connectivity index (χ2v) is 13.7. The zero-order chi connectivity index (χ0) is 35.4. The molecule has 0 heterocycles. The fourth-order valence-corrected chi connectivity index (χ4v) is 5.21. The van der Waals surface area contributed by atoms with Gasteiger partial charge in [0, 0.05) is 24.0 Å². The van der Waals surface area contributed by atoms with Crippen LogP contribution in [-0.4, -0.2) is 54.5 Å². The molecule has 9 N–H and O–H groups in total. The van der Waals surface area contributed by atoms with E-state index in [1.807, 2.05) is 0 Å². The Labute approximate surface area is 264 Å². The van der Waals surface area contributed by atoms with Gasteiger partial charge in [-0.2, -0.15) is 17.6 Å². The summed E-state index contributed by atoms with van der Waals surface area (Å²) in [5.41, 5.74) is -4.71. The van der Waals surface area contributed by atoms with Crippen molar-refractivity contribution in [2.45, 2.75) is 42.7 Å². The monoisotopic (exact) mass is 705 g/mol. The third kappa shape index (κ3) is 9.47. The summed E-state index contributed by atoms with van der Waals surface area (Å²) in [6, 6.07) is 9.83. The lowest BCUT2D eigenvalue weighted by molar-refractivity contribution is -0.131. The smallest absolute Gasteiger partial charge is 0.399 e. The van der Waals surface area contributed by atoms with Crippen LogP contribution in [0.3, 0.4) is 0 Å². The maximum Gasteiger partial charge on any atom is 0.399 e. The highest BCUT2D eigenvalue weighted by atomic mass is 31.2. The van der Waals surface area contributed by atoms with Gasteiger partial charge in [-0.15, -0.1) is 0 Å². The molecule has 3 rings (SSSR count). The molecule has 0 spiro atoms. The molecule has 19 heteroatoms. The number of hydrogen-bond acceptors (Lipinski definition) is 6. The number of carbonyl (C=O) groups excluding carboxylic acids is 3. The summed E-state index contributed by atoms with van der Waals surface area (Å²) in [6.45, 7) is 0. The van der Waals surface area contributed by atoms with Crippen LogP contribution in [0.15, 0.2) is 72.8 Å². The van der Waals surface area contributed by atoms with Gasteiger partial charge in [0.2, 0.25) is 17.7 Å². The Kier molecular flexibility index (Phi) is 11.4. The number of amides is 3. The van der Waals surface area contributed by atoms with E-state index in [-0.39, 0.29) is 29.7 Å². The molecule has 0 radical (unpaired) electrons. The molecule has 3 amide bonds. The van der Waals surface area contributed by atoms with Crippen molar-refractivity contribution in [2.75, 3.05) is 0 Å². The van der Waals surface area contributed by atoms with Crippen LogP contribution in [0.1, 0.15) is 27.8 Å². The van der Waals surface area contributed by atoms with Crippen LogP contribution in [0.5, 0.6) is 5.75 Å². The number of nitrogens with two attached hydrogens (primary N) is 1. The number of nitrogens with one attached hydrogen (secondary N) is 2. The molecule has 2 atom stereocenters. The third-order valence-corrected chi connectivity index (χ3v) is 8.81. The number of rotatable bonds is 14. The summed E-state index contributed by atoms with van der Waals surface area (Å²) in [7, 11) is -11.7. The van der Waals surface area contributed by atoms with Gasteiger partial charge in [0.25, 0.3) is 0 Å². The lowest BCUT2D eigenvalue weighted by Crippen LogP contribution is -2.54. The van der Waals surface area contributed by atoms with Crippen molar-refractivity contribution in [3.8, 4) is 5.75 Å². The summed E-state index contributed by atoms with van der Waals surface area (Å²) in [6.07, 6.45) is -0.983. The Hall–Kier alpha value is -4.11. The van der Waals surface area contributed by atoms with Crippen LogP contribution in [0.2, 0.25) is 0 Å². The molecule has 0 aromatic heterocycles. The molecule has 3 aromatic carbocycles. The molecule has 0 aliphatic rings. The average Bonchev–Trinajstić information content (AvgIpc) is 2.97.